The van der Waals surface area contributed by atoms with Crippen LogP contribution in [-0.2, 0) is 17.6 Å². The topological polar surface area (TPSA) is 77.8 Å². The lowest BCUT2D eigenvalue weighted by atomic mass is 10.0. The number of carboxylic acid groups (broad SMARTS) is 1. The fourth-order valence-electron chi connectivity index (χ4n) is 2.21. The minimum absolute atomic E-state index is 0.00551. The summed E-state index contributed by atoms with van der Waals surface area (Å²) in [5.41, 5.74) is 3.47. The molecule has 0 radical (unpaired) electrons. The zero-order valence-electron chi connectivity index (χ0n) is 12.0. The zero-order chi connectivity index (χ0) is 15.9. The van der Waals surface area contributed by atoms with Gasteiger partial charge in [-0.15, -0.1) is 0 Å². The minimum atomic E-state index is -1.35. The lowest BCUT2D eigenvalue weighted by molar-refractivity contribution is -0.136. The van der Waals surface area contributed by atoms with Gasteiger partial charge >= 0.3 is 5.97 Å². The number of carbonyl (C=O) groups is 1. The molecule has 4 heteroatoms. The van der Waals surface area contributed by atoms with E-state index in [4.69, 9.17) is 15.3 Å². The normalized spacial score (nSPS) is 11.2. The predicted octanol–water partition coefficient (Wildman–Crippen LogP) is 2.34. The van der Waals surface area contributed by atoms with Crippen molar-refractivity contribution in [2.45, 2.75) is 19.1 Å². The first-order chi connectivity index (χ1) is 10.5. The molecule has 0 fully saturated rings. The first-order valence-electron chi connectivity index (χ1n) is 6.97. The van der Waals surface area contributed by atoms with Crippen LogP contribution in [-0.4, -0.2) is 27.6 Å². The molecule has 22 heavy (non-hydrogen) atoms. The number of aliphatic hydroxyl groups excluding tert-OH is 1. The number of aliphatic carboxylic acids is 1. The third-order valence-electron chi connectivity index (χ3n) is 3.14. The van der Waals surface area contributed by atoms with Crippen LogP contribution in [0, 0.1) is 0 Å². The number of hydrogen-bond acceptors (Lipinski definition) is 3. The highest BCUT2D eigenvalue weighted by Crippen LogP contribution is 2.13. The Labute approximate surface area is 129 Å². The van der Waals surface area contributed by atoms with Gasteiger partial charge in [0.1, 0.15) is 0 Å². The van der Waals surface area contributed by atoms with Gasteiger partial charge in [0, 0.05) is 6.42 Å². The van der Waals surface area contributed by atoms with Crippen molar-refractivity contribution < 1.29 is 20.1 Å². The van der Waals surface area contributed by atoms with Crippen molar-refractivity contribution in [1.82, 2.24) is 0 Å². The van der Waals surface area contributed by atoms with Gasteiger partial charge in [-0.1, -0.05) is 60.7 Å². The van der Waals surface area contributed by atoms with Gasteiger partial charge in [0.05, 0.1) is 6.42 Å². The van der Waals surface area contributed by atoms with Crippen LogP contribution in [0.2, 0.25) is 0 Å². The molecule has 0 atom stereocenters. The summed E-state index contributed by atoms with van der Waals surface area (Å²) in [5.74, 6) is -0.851. The lowest BCUT2D eigenvalue weighted by Crippen LogP contribution is -2.07. The van der Waals surface area contributed by atoms with E-state index in [1.807, 2.05) is 54.6 Å². The first kappa shape index (κ1) is 15.9. The average molecular weight is 298 g/mol. The molecule has 0 amide bonds. The van der Waals surface area contributed by atoms with E-state index in [-0.39, 0.29) is 12.8 Å². The number of benzene rings is 2. The third kappa shape index (κ3) is 5.16. The Bertz CT molecular complexity index is 674. The summed E-state index contributed by atoms with van der Waals surface area (Å²) < 4.78 is 0. The molecule has 114 valence electrons. The van der Waals surface area contributed by atoms with Crippen molar-refractivity contribution in [3.05, 3.63) is 70.8 Å². The molecule has 2 rings (SSSR count). The van der Waals surface area contributed by atoms with E-state index < -0.39 is 12.3 Å². The quantitative estimate of drug-likeness (QED) is 0.565. The van der Waals surface area contributed by atoms with E-state index in [9.17, 15) is 4.79 Å². The fourth-order valence-corrected chi connectivity index (χ4v) is 2.21. The van der Waals surface area contributed by atoms with Crippen LogP contribution in [0.3, 0.4) is 0 Å². The molecule has 2 aromatic carbocycles. The Morgan fingerprint density at radius 1 is 0.955 bits per heavy atom. The molecule has 0 saturated carbocycles. The van der Waals surface area contributed by atoms with Gasteiger partial charge in [-0.25, -0.2) is 0 Å². The SMILES string of the molecule is O=C(O)Cc1cccc(/C=C/c2cccc(CC(O)O)c2)c1. The maximum atomic E-state index is 10.7. The van der Waals surface area contributed by atoms with Crippen LogP contribution in [0.5, 0.6) is 0 Å². The van der Waals surface area contributed by atoms with Gasteiger partial charge < -0.3 is 15.3 Å². The van der Waals surface area contributed by atoms with Gasteiger partial charge in [0.25, 0.3) is 0 Å². The molecule has 0 unspecified atom stereocenters. The Morgan fingerprint density at radius 3 is 2.05 bits per heavy atom. The molecule has 4 nitrogen and oxygen atoms in total. The van der Waals surface area contributed by atoms with Crippen molar-refractivity contribution >= 4 is 18.1 Å². The number of hydrogen-bond donors (Lipinski definition) is 3. The smallest absolute Gasteiger partial charge is 0.307 e. The molecule has 0 aliphatic carbocycles. The maximum Gasteiger partial charge on any atom is 0.307 e. The molecule has 2 aromatic rings. The van der Waals surface area contributed by atoms with Crippen LogP contribution in [0.15, 0.2) is 48.5 Å². The van der Waals surface area contributed by atoms with Crippen LogP contribution < -0.4 is 0 Å². The molecule has 0 bridgehead atoms. The molecule has 0 aliphatic rings. The summed E-state index contributed by atoms with van der Waals surface area (Å²) in [6, 6.07) is 14.9. The minimum Gasteiger partial charge on any atom is -0.481 e. The monoisotopic (exact) mass is 298 g/mol. The summed E-state index contributed by atoms with van der Waals surface area (Å²) >= 11 is 0. The van der Waals surface area contributed by atoms with Crippen molar-refractivity contribution in [1.29, 1.82) is 0 Å². The Balaban J connectivity index is 2.13. The zero-order valence-corrected chi connectivity index (χ0v) is 12.0. The highest BCUT2D eigenvalue weighted by Gasteiger charge is 2.01. The standard InChI is InChI=1S/C18H18O4/c19-17(20)11-15-5-1-3-13(9-15)7-8-14-4-2-6-16(10-14)12-18(21)22/h1-10,17,19-20H,11-12H2,(H,21,22)/b8-7+. The van der Waals surface area contributed by atoms with Crippen LogP contribution in [0.25, 0.3) is 12.2 Å². The largest absolute Gasteiger partial charge is 0.481 e. The second-order valence-electron chi connectivity index (χ2n) is 5.08. The molecule has 0 heterocycles. The maximum absolute atomic E-state index is 10.7. The van der Waals surface area contributed by atoms with E-state index in [0.717, 1.165) is 22.3 Å². The van der Waals surface area contributed by atoms with Crippen molar-refractivity contribution in [2.24, 2.45) is 0 Å². The predicted molar refractivity (Wildman–Crippen MR) is 85.1 cm³/mol. The van der Waals surface area contributed by atoms with Crippen molar-refractivity contribution in [3.63, 3.8) is 0 Å². The van der Waals surface area contributed by atoms with E-state index in [0.29, 0.717) is 0 Å². The van der Waals surface area contributed by atoms with Crippen molar-refractivity contribution in [3.8, 4) is 0 Å². The van der Waals surface area contributed by atoms with Gasteiger partial charge in [0.15, 0.2) is 6.29 Å². The number of aliphatic hydroxyl groups is 2. The number of rotatable bonds is 6. The summed E-state index contributed by atoms with van der Waals surface area (Å²) in [7, 11) is 0. The molecule has 0 aromatic heterocycles. The summed E-state index contributed by atoms with van der Waals surface area (Å²) in [6.45, 7) is 0. The van der Waals surface area contributed by atoms with Gasteiger partial charge in [-0.3, -0.25) is 4.79 Å². The second-order valence-corrected chi connectivity index (χ2v) is 5.08. The Kier molecular flexibility index (Phi) is 5.47. The molecule has 3 N–H and O–H groups in total. The van der Waals surface area contributed by atoms with Crippen LogP contribution in [0.4, 0.5) is 0 Å². The summed E-state index contributed by atoms with van der Waals surface area (Å²) in [4.78, 5) is 10.7. The highest BCUT2D eigenvalue weighted by molar-refractivity contribution is 5.73. The Morgan fingerprint density at radius 2 is 1.50 bits per heavy atom. The second kappa shape index (κ2) is 7.54. The first-order valence-corrected chi connectivity index (χ1v) is 6.97. The molecular formula is C18H18O4. The van der Waals surface area contributed by atoms with E-state index >= 15 is 0 Å². The van der Waals surface area contributed by atoms with Gasteiger partial charge in [-0.2, -0.15) is 0 Å². The van der Waals surface area contributed by atoms with Gasteiger partial charge in [-0.05, 0) is 22.3 Å². The van der Waals surface area contributed by atoms with E-state index in [1.165, 1.54) is 0 Å². The van der Waals surface area contributed by atoms with Gasteiger partial charge in [0.2, 0.25) is 0 Å². The average Bonchev–Trinajstić information content (AvgIpc) is 2.44. The number of carboxylic acids is 1. The third-order valence-corrected chi connectivity index (χ3v) is 3.14. The van der Waals surface area contributed by atoms with Crippen LogP contribution >= 0.6 is 0 Å². The Hall–Kier alpha value is -2.43. The molecule has 0 aliphatic heterocycles. The highest BCUT2D eigenvalue weighted by atomic mass is 16.5. The fraction of sp³-hybridized carbons (Fsp3) is 0.167. The summed E-state index contributed by atoms with van der Waals surface area (Å²) in [5, 5.41) is 26.8. The molecule has 0 saturated heterocycles. The van der Waals surface area contributed by atoms with E-state index in [2.05, 4.69) is 0 Å². The van der Waals surface area contributed by atoms with E-state index in [1.54, 1.807) is 6.07 Å². The van der Waals surface area contributed by atoms with Crippen molar-refractivity contribution in [2.75, 3.05) is 0 Å². The lowest BCUT2D eigenvalue weighted by Gasteiger charge is -2.04. The molecular weight excluding hydrogens is 280 g/mol. The molecule has 0 spiro atoms. The van der Waals surface area contributed by atoms with Crippen LogP contribution in [0.1, 0.15) is 22.3 Å². The summed E-state index contributed by atoms with van der Waals surface area (Å²) in [6.07, 6.45) is 2.65.